The molecule has 1 aliphatic heterocycles. The van der Waals surface area contributed by atoms with Crippen molar-refractivity contribution in [3.05, 3.63) is 94.3 Å². The number of halogens is 3. The van der Waals surface area contributed by atoms with Crippen LogP contribution >= 0.6 is 0 Å². The number of fused-ring (bicyclic) bond motifs is 1. The van der Waals surface area contributed by atoms with Crippen molar-refractivity contribution < 1.29 is 23.1 Å². The molecule has 4 atom stereocenters. The molecule has 2 aromatic carbocycles. The molecular weight excluding hydrogens is 479 g/mol. The van der Waals surface area contributed by atoms with Crippen LogP contribution in [0.5, 0.6) is 5.75 Å². The molecule has 5 rings (SSSR count). The Morgan fingerprint density at radius 2 is 1.81 bits per heavy atom. The number of rotatable bonds is 6. The molecule has 3 aromatic rings. The van der Waals surface area contributed by atoms with Crippen molar-refractivity contribution in [3.63, 3.8) is 0 Å². The number of hydrogen-bond acceptors (Lipinski definition) is 4. The van der Waals surface area contributed by atoms with Crippen LogP contribution in [0.3, 0.4) is 0 Å². The first-order valence-electron chi connectivity index (χ1n) is 12.2. The van der Waals surface area contributed by atoms with E-state index in [0.717, 1.165) is 25.2 Å². The first-order chi connectivity index (χ1) is 17.8. The summed E-state index contributed by atoms with van der Waals surface area (Å²) in [6, 6.07) is 11.3. The molecule has 2 fully saturated rings. The van der Waals surface area contributed by atoms with E-state index in [1.807, 2.05) is 0 Å². The van der Waals surface area contributed by atoms with Crippen LogP contribution in [-0.4, -0.2) is 47.2 Å². The highest BCUT2D eigenvalue weighted by atomic mass is 19.1. The molecule has 1 aromatic heterocycles. The van der Waals surface area contributed by atoms with E-state index in [1.165, 1.54) is 30.3 Å². The lowest BCUT2D eigenvalue weighted by atomic mass is 9.97. The second kappa shape index (κ2) is 10.3. The third-order valence-corrected chi connectivity index (χ3v) is 7.02. The Kier molecular flexibility index (Phi) is 6.90. The quantitative estimate of drug-likeness (QED) is 0.488. The van der Waals surface area contributed by atoms with Gasteiger partial charge in [0.05, 0.1) is 6.04 Å². The van der Waals surface area contributed by atoms with Gasteiger partial charge in [0.15, 0.2) is 0 Å². The van der Waals surface area contributed by atoms with Gasteiger partial charge in [0.25, 0.3) is 5.91 Å². The number of hydrogen-bond donors (Lipinski definition) is 2. The Balaban J connectivity index is 1.37. The van der Waals surface area contributed by atoms with E-state index in [1.54, 1.807) is 19.1 Å². The van der Waals surface area contributed by atoms with E-state index < -0.39 is 23.6 Å². The van der Waals surface area contributed by atoms with Gasteiger partial charge in [-0.1, -0.05) is 24.0 Å². The lowest BCUT2D eigenvalue weighted by Crippen LogP contribution is -2.30. The highest BCUT2D eigenvalue weighted by Gasteiger charge is 2.54. The largest absolute Gasteiger partial charge is 0.508 e. The number of carbonyl (C=O) groups excluding carboxylic acids is 1. The third-order valence-electron chi connectivity index (χ3n) is 7.02. The van der Waals surface area contributed by atoms with Crippen LogP contribution in [0.4, 0.5) is 13.2 Å². The summed E-state index contributed by atoms with van der Waals surface area (Å²) in [5.41, 5.74) is 1.97. The van der Waals surface area contributed by atoms with Gasteiger partial charge >= 0.3 is 0 Å². The maximum Gasteiger partial charge on any atom is 0.270 e. The van der Waals surface area contributed by atoms with Gasteiger partial charge in [-0.15, -0.1) is 0 Å². The molecule has 190 valence electrons. The van der Waals surface area contributed by atoms with Crippen molar-refractivity contribution >= 4 is 5.91 Å². The molecule has 5 nitrogen and oxygen atoms in total. The Bertz CT molecular complexity index is 1370. The zero-order valence-electron chi connectivity index (χ0n) is 20.2. The number of pyridine rings is 1. The lowest BCUT2D eigenvalue weighted by Gasteiger charge is -2.21. The maximum absolute atomic E-state index is 14.0. The SMILES string of the molecule is Cc1cc(C#CC2[C@H]3CN(CCF)C[C@@H]23)cc(C(=O)NC(c2ccc(F)cc2)c2cc(F)ccc2O)n1. The number of aromatic hydroxyl groups is 1. The van der Waals surface area contributed by atoms with Crippen LogP contribution in [0.1, 0.15) is 38.9 Å². The van der Waals surface area contributed by atoms with Crippen LogP contribution in [0.2, 0.25) is 0 Å². The fraction of sp³-hybridized carbons (Fsp3) is 0.310. The summed E-state index contributed by atoms with van der Waals surface area (Å²) in [5.74, 6) is 5.89. The molecule has 2 aliphatic rings. The first-order valence-corrected chi connectivity index (χ1v) is 12.2. The number of aryl methyl sites for hydroxylation is 1. The van der Waals surface area contributed by atoms with E-state index in [4.69, 9.17) is 0 Å². The third kappa shape index (κ3) is 5.47. The van der Waals surface area contributed by atoms with E-state index in [-0.39, 0.29) is 29.6 Å². The maximum atomic E-state index is 14.0. The van der Waals surface area contributed by atoms with Crippen LogP contribution in [0.15, 0.2) is 54.6 Å². The molecule has 8 heteroatoms. The number of likely N-dealkylation sites (tertiary alicyclic amines) is 1. The number of alkyl halides is 1. The van der Waals surface area contributed by atoms with Gasteiger partial charge in [-0.05, 0) is 66.8 Å². The Hall–Kier alpha value is -3.83. The van der Waals surface area contributed by atoms with Crippen LogP contribution in [0.25, 0.3) is 0 Å². The molecular formula is C29H26F3N3O2. The predicted molar refractivity (Wildman–Crippen MR) is 133 cm³/mol. The van der Waals surface area contributed by atoms with Crippen LogP contribution in [-0.2, 0) is 0 Å². The van der Waals surface area contributed by atoms with Crippen molar-refractivity contribution in [2.75, 3.05) is 26.3 Å². The van der Waals surface area contributed by atoms with Crippen molar-refractivity contribution in [2.45, 2.75) is 13.0 Å². The summed E-state index contributed by atoms with van der Waals surface area (Å²) in [6.07, 6.45) is 0. The number of phenolic OH excluding ortho intramolecular Hbond substituents is 1. The van der Waals surface area contributed by atoms with E-state index in [2.05, 4.69) is 27.0 Å². The van der Waals surface area contributed by atoms with Gasteiger partial charge in [-0.25, -0.2) is 18.2 Å². The van der Waals surface area contributed by atoms with Crippen molar-refractivity contribution in [2.24, 2.45) is 17.8 Å². The molecule has 2 heterocycles. The van der Waals surface area contributed by atoms with Crippen LogP contribution in [0, 0.1) is 48.2 Å². The molecule has 1 amide bonds. The molecule has 0 spiro atoms. The van der Waals surface area contributed by atoms with E-state index in [9.17, 15) is 23.1 Å². The molecule has 2 N–H and O–H groups in total. The molecule has 1 aliphatic carbocycles. The van der Waals surface area contributed by atoms with Crippen molar-refractivity contribution in [3.8, 4) is 17.6 Å². The number of carbonyl (C=O) groups is 1. The van der Waals surface area contributed by atoms with Gasteiger partial charge in [0, 0.05) is 42.4 Å². The van der Waals surface area contributed by atoms with Gasteiger partial charge < -0.3 is 15.3 Å². The average Bonchev–Trinajstić information content (AvgIpc) is 3.33. The highest BCUT2D eigenvalue weighted by molar-refractivity contribution is 5.93. The molecule has 2 unspecified atom stereocenters. The van der Waals surface area contributed by atoms with E-state index >= 15 is 0 Å². The topological polar surface area (TPSA) is 65.5 Å². The van der Waals surface area contributed by atoms with Crippen molar-refractivity contribution in [1.29, 1.82) is 0 Å². The average molecular weight is 506 g/mol. The smallest absolute Gasteiger partial charge is 0.270 e. The molecule has 1 saturated heterocycles. The second-order valence-corrected chi connectivity index (χ2v) is 9.61. The number of phenols is 1. The molecule has 0 radical (unpaired) electrons. The van der Waals surface area contributed by atoms with Gasteiger partial charge in [0.1, 0.15) is 29.8 Å². The first kappa shape index (κ1) is 24.8. The Morgan fingerprint density at radius 1 is 1.11 bits per heavy atom. The summed E-state index contributed by atoms with van der Waals surface area (Å²) >= 11 is 0. The van der Waals surface area contributed by atoms with Gasteiger partial charge in [0.2, 0.25) is 0 Å². The summed E-state index contributed by atoms with van der Waals surface area (Å²) in [6.45, 7) is 3.64. The number of benzene rings is 2. The number of nitrogens with one attached hydrogen (secondary N) is 1. The molecule has 0 bridgehead atoms. The number of aromatic nitrogens is 1. The van der Waals surface area contributed by atoms with Gasteiger partial charge in [-0.3, -0.25) is 4.79 Å². The summed E-state index contributed by atoms with van der Waals surface area (Å²) in [5, 5.41) is 13.2. The summed E-state index contributed by atoms with van der Waals surface area (Å²) in [7, 11) is 0. The van der Waals surface area contributed by atoms with E-state index in [0.29, 0.717) is 35.2 Å². The standard InChI is InChI=1S/C29H26F3N3O2/c1-17-12-18(2-8-22-24-15-35(11-10-30)16-25(22)24)13-26(33-17)29(37)34-28(19-3-5-20(31)6-4-19)23-14-21(32)7-9-27(23)36/h3-7,9,12-14,22,24-25,28,36H,10-11,15-16H2,1H3,(H,34,37)/t22?,24-,25+,28?. The minimum atomic E-state index is -0.946. The number of piperidine rings is 1. The lowest BCUT2D eigenvalue weighted by molar-refractivity contribution is 0.0937. The summed E-state index contributed by atoms with van der Waals surface area (Å²) in [4.78, 5) is 19.7. The minimum Gasteiger partial charge on any atom is -0.508 e. The molecule has 37 heavy (non-hydrogen) atoms. The fourth-order valence-electron chi connectivity index (χ4n) is 5.11. The summed E-state index contributed by atoms with van der Waals surface area (Å²) < 4.78 is 40.1. The van der Waals surface area contributed by atoms with Crippen LogP contribution < -0.4 is 5.32 Å². The normalized spacial score (nSPS) is 21.0. The Morgan fingerprint density at radius 3 is 2.51 bits per heavy atom. The fourth-order valence-corrected chi connectivity index (χ4v) is 5.11. The Labute approximate surface area is 213 Å². The van der Waals surface area contributed by atoms with Gasteiger partial charge in [-0.2, -0.15) is 0 Å². The second-order valence-electron chi connectivity index (χ2n) is 9.61. The number of nitrogens with zero attached hydrogens (tertiary/aromatic N) is 2. The zero-order chi connectivity index (χ0) is 26.1. The predicted octanol–water partition coefficient (Wildman–Crippen LogP) is 4.39. The highest BCUT2D eigenvalue weighted by Crippen LogP contribution is 2.51. The monoisotopic (exact) mass is 505 g/mol. The van der Waals surface area contributed by atoms with Crippen molar-refractivity contribution in [1.82, 2.24) is 15.2 Å². The molecule has 1 saturated carbocycles. The number of amides is 1. The minimum absolute atomic E-state index is 0.123. The zero-order valence-corrected chi connectivity index (χ0v) is 20.2.